The lowest BCUT2D eigenvalue weighted by Gasteiger charge is -2.02. The van der Waals surface area contributed by atoms with E-state index in [1.807, 2.05) is 0 Å². The molecule has 0 atom stereocenters. The van der Waals surface area contributed by atoms with Gasteiger partial charge in [0.05, 0.1) is 19.1 Å². The summed E-state index contributed by atoms with van der Waals surface area (Å²) in [6.07, 6.45) is 0. The number of nitro groups is 1. The van der Waals surface area contributed by atoms with Crippen molar-refractivity contribution in [3.05, 3.63) is 33.9 Å². The van der Waals surface area contributed by atoms with Crippen molar-refractivity contribution in [1.29, 1.82) is 0 Å². The van der Waals surface area contributed by atoms with Crippen LogP contribution in [0, 0.1) is 22.0 Å². The van der Waals surface area contributed by atoms with Crippen LogP contribution in [0.25, 0.3) is 0 Å². The summed E-state index contributed by atoms with van der Waals surface area (Å²) in [6.45, 7) is 0. The number of methoxy groups -OCH3 is 2. The van der Waals surface area contributed by atoms with Gasteiger partial charge < -0.3 is 9.47 Å². The van der Waals surface area contributed by atoms with Gasteiger partial charge in [-0.05, 0) is 12.0 Å². The van der Waals surface area contributed by atoms with Crippen molar-refractivity contribution in [3.8, 4) is 17.6 Å². The molecule has 6 nitrogen and oxygen atoms in total. The molecule has 0 fully saturated rings. The fourth-order valence-corrected chi connectivity index (χ4v) is 1.13. The molecule has 17 heavy (non-hydrogen) atoms. The topological polar surface area (TPSA) is 78.7 Å². The molecule has 0 saturated carbocycles. The summed E-state index contributed by atoms with van der Waals surface area (Å²) in [5, 5.41) is 10.8. The fraction of sp³-hybridized carbons (Fsp3) is 0.182. The molecular weight excluding hydrogens is 226 g/mol. The molecule has 1 aromatic carbocycles. The summed E-state index contributed by atoms with van der Waals surface area (Å²) >= 11 is 0. The van der Waals surface area contributed by atoms with E-state index < -0.39 is 10.9 Å². The molecule has 0 heterocycles. The molecule has 0 aromatic heterocycles. The molecule has 6 heteroatoms. The van der Waals surface area contributed by atoms with Gasteiger partial charge >= 0.3 is 5.97 Å². The maximum absolute atomic E-state index is 10.9. The third-order valence-corrected chi connectivity index (χ3v) is 1.90. The lowest BCUT2D eigenvalue weighted by atomic mass is 10.1. The maximum atomic E-state index is 10.9. The third kappa shape index (κ3) is 2.95. The number of hydrogen-bond donors (Lipinski definition) is 0. The Labute approximate surface area is 97.3 Å². The van der Waals surface area contributed by atoms with Crippen LogP contribution < -0.4 is 4.74 Å². The number of carbonyl (C=O) groups is 1. The van der Waals surface area contributed by atoms with Crippen molar-refractivity contribution >= 4 is 11.7 Å². The van der Waals surface area contributed by atoms with Gasteiger partial charge in [-0.15, -0.1) is 0 Å². The molecule has 1 aromatic rings. The van der Waals surface area contributed by atoms with Gasteiger partial charge in [0.25, 0.3) is 5.69 Å². The number of ether oxygens (including phenoxy) is 2. The quantitative estimate of drug-likeness (QED) is 0.332. The first-order valence-corrected chi connectivity index (χ1v) is 4.51. The van der Waals surface area contributed by atoms with E-state index in [0.717, 1.165) is 0 Å². The smallest absolute Gasteiger partial charge is 0.384 e. The molecule has 0 radical (unpaired) electrons. The Bertz CT molecular complexity index is 512. The Balaban J connectivity index is 3.30. The number of rotatable bonds is 2. The van der Waals surface area contributed by atoms with Gasteiger partial charge in [-0.25, -0.2) is 4.79 Å². The van der Waals surface area contributed by atoms with Gasteiger partial charge in [-0.1, -0.05) is 6.07 Å². The van der Waals surface area contributed by atoms with Gasteiger partial charge in [-0.3, -0.25) is 10.1 Å². The van der Waals surface area contributed by atoms with Crippen molar-refractivity contribution in [1.82, 2.24) is 0 Å². The largest absolute Gasteiger partial charge is 0.495 e. The lowest BCUT2D eigenvalue weighted by molar-refractivity contribution is -0.385. The first-order valence-electron chi connectivity index (χ1n) is 4.51. The van der Waals surface area contributed by atoms with Crippen LogP contribution >= 0.6 is 0 Å². The zero-order valence-electron chi connectivity index (χ0n) is 9.22. The van der Waals surface area contributed by atoms with Crippen LogP contribution in [-0.4, -0.2) is 25.1 Å². The van der Waals surface area contributed by atoms with E-state index in [2.05, 4.69) is 16.6 Å². The molecule has 0 bridgehead atoms. The summed E-state index contributed by atoms with van der Waals surface area (Å²) in [6, 6.07) is 4.28. The summed E-state index contributed by atoms with van der Waals surface area (Å²) in [5.41, 5.74) is -0.175. The van der Waals surface area contributed by atoms with E-state index >= 15 is 0 Å². The minimum atomic E-state index is -0.773. The van der Waals surface area contributed by atoms with Crippen molar-refractivity contribution in [2.24, 2.45) is 0 Å². The van der Waals surface area contributed by atoms with Crippen LogP contribution in [0.4, 0.5) is 5.69 Å². The number of carbonyl (C=O) groups excluding carboxylic acids is 1. The zero-order chi connectivity index (χ0) is 12.8. The molecule has 0 aliphatic carbocycles. The zero-order valence-corrected chi connectivity index (χ0v) is 9.22. The van der Waals surface area contributed by atoms with Crippen LogP contribution in [0.2, 0.25) is 0 Å². The average molecular weight is 235 g/mol. The highest BCUT2D eigenvalue weighted by molar-refractivity contribution is 5.89. The Hall–Kier alpha value is -2.55. The molecule has 88 valence electrons. The summed E-state index contributed by atoms with van der Waals surface area (Å²) < 4.78 is 9.27. The molecular formula is C11H9NO5. The van der Waals surface area contributed by atoms with Gasteiger partial charge in [0.1, 0.15) is 11.3 Å². The van der Waals surface area contributed by atoms with Gasteiger partial charge in [-0.2, -0.15) is 0 Å². The second kappa shape index (κ2) is 5.51. The maximum Gasteiger partial charge on any atom is 0.384 e. The molecule has 0 aliphatic heterocycles. The fourth-order valence-electron chi connectivity index (χ4n) is 1.13. The van der Waals surface area contributed by atoms with E-state index in [1.54, 1.807) is 0 Å². The Morgan fingerprint density at radius 3 is 2.65 bits per heavy atom. The molecule has 0 spiro atoms. The monoisotopic (exact) mass is 235 g/mol. The van der Waals surface area contributed by atoms with Crippen molar-refractivity contribution in [2.45, 2.75) is 0 Å². The summed E-state index contributed by atoms with van der Waals surface area (Å²) in [4.78, 5) is 21.0. The number of benzene rings is 1. The molecule has 0 N–H and O–H groups in total. The Morgan fingerprint density at radius 1 is 1.41 bits per heavy atom. The van der Waals surface area contributed by atoms with Crippen molar-refractivity contribution in [3.63, 3.8) is 0 Å². The highest BCUT2D eigenvalue weighted by Crippen LogP contribution is 2.26. The van der Waals surface area contributed by atoms with Crippen LogP contribution in [0.1, 0.15) is 5.56 Å². The molecule has 0 saturated heterocycles. The molecule has 0 amide bonds. The van der Waals surface area contributed by atoms with E-state index in [-0.39, 0.29) is 17.0 Å². The minimum absolute atomic E-state index is 0.0467. The first kappa shape index (κ1) is 12.5. The number of nitro benzene ring substituents is 1. The van der Waals surface area contributed by atoms with Gasteiger partial charge in [0.15, 0.2) is 0 Å². The van der Waals surface area contributed by atoms with E-state index in [9.17, 15) is 14.9 Å². The van der Waals surface area contributed by atoms with Crippen LogP contribution in [0.3, 0.4) is 0 Å². The van der Waals surface area contributed by atoms with Crippen LogP contribution in [0.15, 0.2) is 18.2 Å². The van der Waals surface area contributed by atoms with E-state index in [4.69, 9.17) is 4.74 Å². The number of hydrogen-bond acceptors (Lipinski definition) is 5. The predicted octanol–water partition coefficient (Wildman–Crippen LogP) is 1.13. The molecule has 1 rings (SSSR count). The SMILES string of the molecule is COC(=O)C#Cc1c(OC)cccc1[N+](=O)[O-]. The minimum Gasteiger partial charge on any atom is -0.495 e. The first-order chi connectivity index (χ1) is 8.10. The highest BCUT2D eigenvalue weighted by Gasteiger charge is 2.16. The predicted molar refractivity (Wildman–Crippen MR) is 58.5 cm³/mol. The van der Waals surface area contributed by atoms with Crippen LogP contribution in [0.5, 0.6) is 5.75 Å². The highest BCUT2D eigenvalue weighted by atomic mass is 16.6. The molecule has 0 aliphatic rings. The third-order valence-electron chi connectivity index (χ3n) is 1.90. The average Bonchev–Trinajstić information content (AvgIpc) is 2.35. The standard InChI is InChI=1S/C11H9NO5/c1-16-10-5-3-4-9(12(14)15)8(10)6-7-11(13)17-2/h3-5H,1-2H3. The normalized spacial score (nSPS) is 8.82. The number of nitrogens with zero attached hydrogens (tertiary/aromatic N) is 1. The second-order valence-corrected chi connectivity index (χ2v) is 2.85. The van der Waals surface area contributed by atoms with Crippen LogP contribution in [-0.2, 0) is 9.53 Å². The van der Waals surface area contributed by atoms with Gasteiger partial charge in [0, 0.05) is 12.0 Å². The van der Waals surface area contributed by atoms with E-state index in [1.165, 1.54) is 32.4 Å². The lowest BCUT2D eigenvalue weighted by Crippen LogP contribution is -1.98. The van der Waals surface area contributed by atoms with E-state index in [0.29, 0.717) is 0 Å². The Morgan fingerprint density at radius 2 is 2.12 bits per heavy atom. The van der Waals surface area contributed by atoms with Crippen molar-refractivity contribution < 1.29 is 19.2 Å². The van der Waals surface area contributed by atoms with Gasteiger partial charge in [0.2, 0.25) is 0 Å². The van der Waals surface area contributed by atoms with Crippen molar-refractivity contribution in [2.75, 3.05) is 14.2 Å². The number of esters is 1. The summed E-state index contributed by atoms with van der Waals surface area (Å²) in [5.74, 6) is 3.96. The Kier molecular flexibility index (Phi) is 4.06. The second-order valence-electron chi connectivity index (χ2n) is 2.85. The summed E-state index contributed by atoms with van der Waals surface area (Å²) in [7, 11) is 2.54. The molecule has 0 unspecified atom stereocenters.